The van der Waals surface area contributed by atoms with E-state index in [0.29, 0.717) is 24.6 Å². The van der Waals surface area contributed by atoms with E-state index >= 15 is 0 Å². The summed E-state index contributed by atoms with van der Waals surface area (Å²) in [4.78, 5) is 12.3. The maximum atomic E-state index is 13.2. The summed E-state index contributed by atoms with van der Waals surface area (Å²) in [6, 6.07) is 7.46. The number of hydrogen-bond donors (Lipinski definition) is 1. The van der Waals surface area contributed by atoms with Crippen molar-refractivity contribution in [2.24, 2.45) is 7.05 Å². The second-order valence-electron chi connectivity index (χ2n) is 6.69. The number of nitrogens with one attached hydrogen (secondary N) is 1. The Morgan fingerprint density at radius 3 is 2.83 bits per heavy atom. The molecule has 4 rings (SSSR count). The molecule has 0 aliphatic carbocycles. The number of ether oxygens (including phenoxy) is 2. The van der Waals surface area contributed by atoms with Crippen LogP contribution in [-0.2, 0) is 18.4 Å². The first-order valence-electron chi connectivity index (χ1n) is 9.23. The summed E-state index contributed by atoms with van der Waals surface area (Å²) < 4.78 is 30.8. The zero-order valence-electron chi connectivity index (χ0n) is 15.8. The Kier molecular flexibility index (Phi) is 5.52. The largest absolute Gasteiger partial charge is 0.469 e. The molecule has 3 heterocycles. The summed E-state index contributed by atoms with van der Waals surface area (Å²) in [5, 5.41) is 14.8. The summed E-state index contributed by atoms with van der Waals surface area (Å²) in [5.41, 5.74) is 1.97. The average Bonchev–Trinajstić information content (AvgIpc) is 3.35. The zero-order chi connectivity index (χ0) is 20.2. The monoisotopic (exact) mass is 401 g/mol. The first kappa shape index (κ1) is 19.1. The van der Waals surface area contributed by atoms with Crippen molar-refractivity contribution in [3.05, 3.63) is 47.6 Å². The summed E-state index contributed by atoms with van der Waals surface area (Å²) in [5.74, 6) is -0.417. The van der Waals surface area contributed by atoms with Crippen molar-refractivity contribution in [2.45, 2.75) is 25.5 Å². The maximum Gasteiger partial charge on any atom is 0.290 e. The molecule has 0 bridgehead atoms. The molecule has 0 atom stereocenters. The third kappa shape index (κ3) is 4.43. The highest BCUT2D eigenvalue weighted by Gasteiger charge is 2.21. The molecule has 0 radical (unpaired) electrons. The molecule has 152 valence electrons. The predicted molar refractivity (Wildman–Crippen MR) is 98.5 cm³/mol. The number of carbonyl (C=O) groups excluding carboxylic acids is 1. The molecular weight excluding hydrogens is 381 g/mol. The number of hydrogen-bond acceptors (Lipinski definition) is 7. The highest BCUT2D eigenvalue weighted by molar-refractivity contribution is 5.91. The maximum absolute atomic E-state index is 13.2. The Morgan fingerprint density at radius 1 is 1.31 bits per heavy atom. The van der Waals surface area contributed by atoms with Gasteiger partial charge in [0, 0.05) is 31.9 Å². The van der Waals surface area contributed by atoms with Crippen molar-refractivity contribution in [3.63, 3.8) is 0 Å². The second-order valence-corrected chi connectivity index (χ2v) is 6.69. The van der Waals surface area contributed by atoms with Crippen LogP contribution < -0.4 is 10.1 Å². The molecule has 10 heteroatoms. The fourth-order valence-electron chi connectivity index (χ4n) is 3.05. The van der Waals surface area contributed by atoms with Crippen molar-refractivity contribution in [1.82, 2.24) is 25.5 Å². The van der Waals surface area contributed by atoms with Gasteiger partial charge in [-0.2, -0.15) is 0 Å². The van der Waals surface area contributed by atoms with Crippen LogP contribution in [0.15, 0.2) is 34.9 Å². The number of aryl methyl sites for hydroxylation is 1. The van der Waals surface area contributed by atoms with Crippen LogP contribution in [0.5, 0.6) is 5.88 Å². The van der Waals surface area contributed by atoms with Gasteiger partial charge in [-0.05, 0) is 42.3 Å². The van der Waals surface area contributed by atoms with Gasteiger partial charge in [0.05, 0.1) is 6.07 Å². The van der Waals surface area contributed by atoms with E-state index in [1.807, 2.05) is 0 Å². The van der Waals surface area contributed by atoms with Gasteiger partial charge in [-0.15, -0.1) is 5.10 Å². The van der Waals surface area contributed by atoms with Gasteiger partial charge in [0.15, 0.2) is 0 Å². The van der Waals surface area contributed by atoms with Gasteiger partial charge in [-0.1, -0.05) is 5.21 Å². The van der Waals surface area contributed by atoms with Gasteiger partial charge in [-0.25, -0.2) is 9.07 Å². The van der Waals surface area contributed by atoms with E-state index in [0.717, 1.165) is 18.4 Å². The van der Waals surface area contributed by atoms with Crippen LogP contribution in [-0.4, -0.2) is 45.3 Å². The topological polar surface area (TPSA) is 104 Å². The molecule has 1 fully saturated rings. The quantitative estimate of drug-likeness (QED) is 0.674. The molecule has 0 saturated carbocycles. The SMILES string of the molecule is Cn1nnc(-c2ccc(F)cc2)c1COc1cc(C(=O)NC2CCOCC2)on1. The van der Waals surface area contributed by atoms with Crippen LogP contribution >= 0.6 is 0 Å². The van der Waals surface area contributed by atoms with Crippen LogP contribution in [0.4, 0.5) is 4.39 Å². The van der Waals surface area contributed by atoms with E-state index in [-0.39, 0.29) is 36.0 Å². The van der Waals surface area contributed by atoms with Crippen LogP contribution in [0.1, 0.15) is 29.1 Å². The number of nitrogens with zero attached hydrogens (tertiary/aromatic N) is 4. The van der Waals surface area contributed by atoms with Crippen LogP contribution in [0, 0.1) is 5.82 Å². The standard InChI is InChI=1S/C19H20FN5O4/c1-25-15(18(22-24-25)12-2-4-13(20)5-3-12)11-28-17-10-16(29-23-17)19(26)21-14-6-8-27-9-7-14/h2-5,10,14H,6-9,11H2,1H3,(H,21,26). The molecule has 1 aliphatic heterocycles. The summed E-state index contributed by atoms with van der Waals surface area (Å²) in [6.45, 7) is 1.36. The molecule has 0 unspecified atom stereocenters. The summed E-state index contributed by atoms with van der Waals surface area (Å²) >= 11 is 0. The lowest BCUT2D eigenvalue weighted by Gasteiger charge is -2.22. The first-order chi connectivity index (χ1) is 14.1. The minimum absolute atomic E-state index is 0.0597. The van der Waals surface area contributed by atoms with Crippen LogP contribution in [0.25, 0.3) is 11.3 Å². The highest BCUT2D eigenvalue weighted by atomic mass is 19.1. The molecule has 1 aromatic carbocycles. The molecule has 29 heavy (non-hydrogen) atoms. The average molecular weight is 401 g/mol. The Balaban J connectivity index is 1.41. The number of aromatic nitrogens is 4. The summed E-state index contributed by atoms with van der Waals surface area (Å²) in [7, 11) is 1.73. The number of halogens is 1. The zero-order valence-corrected chi connectivity index (χ0v) is 15.8. The van der Waals surface area contributed by atoms with Gasteiger partial charge < -0.3 is 19.3 Å². The lowest BCUT2D eigenvalue weighted by Crippen LogP contribution is -2.38. The van der Waals surface area contributed by atoms with E-state index in [1.165, 1.54) is 18.2 Å². The lowest BCUT2D eigenvalue weighted by molar-refractivity contribution is 0.0679. The van der Waals surface area contributed by atoms with Crippen molar-refractivity contribution in [2.75, 3.05) is 13.2 Å². The van der Waals surface area contributed by atoms with Crippen molar-refractivity contribution in [3.8, 4) is 17.1 Å². The van der Waals surface area contributed by atoms with Gasteiger partial charge in [0.1, 0.15) is 23.8 Å². The smallest absolute Gasteiger partial charge is 0.290 e. The number of amides is 1. The molecule has 1 amide bonds. The second kappa shape index (κ2) is 8.39. The molecule has 1 aliphatic rings. The van der Waals surface area contributed by atoms with Gasteiger partial charge in [0.2, 0.25) is 5.76 Å². The first-order valence-corrected chi connectivity index (χ1v) is 9.23. The molecule has 2 aromatic heterocycles. The number of carbonyl (C=O) groups is 1. The Morgan fingerprint density at radius 2 is 2.07 bits per heavy atom. The minimum Gasteiger partial charge on any atom is -0.469 e. The van der Waals surface area contributed by atoms with Gasteiger partial charge in [-0.3, -0.25) is 4.79 Å². The van der Waals surface area contributed by atoms with Crippen molar-refractivity contribution in [1.29, 1.82) is 0 Å². The Hall–Kier alpha value is -3.27. The van der Waals surface area contributed by atoms with E-state index in [9.17, 15) is 9.18 Å². The van der Waals surface area contributed by atoms with Crippen molar-refractivity contribution < 1.29 is 23.2 Å². The Labute approximate surface area is 165 Å². The van der Waals surface area contributed by atoms with Gasteiger partial charge in [0.25, 0.3) is 11.8 Å². The fraction of sp³-hybridized carbons (Fsp3) is 0.368. The van der Waals surface area contributed by atoms with E-state index < -0.39 is 0 Å². The summed E-state index contributed by atoms with van der Waals surface area (Å²) in [6.07, 6.45) is 1.53. The van der Waals surface area contributed by atoms with Crippen LogP contribution in [0.3, 0.4) is 0 Å². The molecule has 0 spiro atoms. The minimum atomic E-state index is -0.339. The van der Waals surface area contributed by atoms with Crippen LogP contribution in [0.2, 0.25) is 0 Å². The predicted octanol–water partition coefficient (Wildman–Crippen LogP) is 2.10. The lowest BCUT2D eigenvalue weighted by atomic mass is 10.1. The van der Waals surface area contributed by atoms with E-state index in [2.05, 4.69) is 20.8 Å². The molecule has 3 aromatic rings. The Bertz CT molecular complexity index is 979. The number of rotatable bonds is 6. The third-order valence-electron chi connectivity index (χ3n) is 4.69. The molecule has 9 nitrogen and oxygen atoms in total. The highest BCUT2D eigenvalue weighted by Crippen LogP contribution is 2.23. The normalized spacial score (nSPS) is 14.7. The molecular formula is C19H20FN5O4. The molecule has 1 saturated heterocycles. The van der Waals surface area contributed by atoms with Crippen molar-refractivity contribution >= 4 is 5.91 Å². The van der Waals surface area contributed by atoms with E-state index in [4.69, 9.17) is 14.0 Å². The van der Waals surface area contributed by atoms with Gasteiger partial charge >= 0.3 is 0 Å². The molecule has 1 N–H and O–H groups in total. The fourth-order valence-corrected chi connectivity index (χ4v) is 3.05. The number of benzene rings is 1. The van der Waals surface area contributed by atoms with E-state index in [1.54, 1.807) is 23.9 Å². The third-order valence-corrected chi connectivity index (χ3v) is 4.69.